The average molecular weight is 338 g/mol. The minimum Gasteiger partial charge on any atom is -0.496 e. The van der Waals surface area contributed by atoms with E-state index in [0.717, 1.165) is 10.0 Å². The molecule has 0 heterocycles. The van der Waals surface area contributed by atoms with Crippen LogP contribution in [0.1, 0.15) is 5.56 Å². The van der Waals surface area contributed by atoms with Crippen molar-refractivity contribution < 1.29 is 14.4 Å². The third-order valence-electron chi connectivity index (χ3n) is 2.65. The Morgan fingerprint density at radius 1 is 1.25 bits per heavy atom. The SMILES string of the molecule is COc1ccc(OCc2cccc(Br)c2)c([N+](=O)[O-])c1. The predicted molar refractivity (Wildman–Crippen MR) is 78.1 cm³/mol. The van der Waals surface area contributed by atoms with Gasteiger partial charge in [0, 0.05) is 4.47 Å². The molecule has 2 aromatic carbocycles. The molecule has 0 aliphatic carbocycles. The summed E-state index contributed by atoms with van der Waals surface area (Å²) in [6, 6.07) is 12.1. The van der Waals surface area contributed by atoms with Crippen LogP contribution in [0.25, 0.3) is 0 Å². The Balaban J connectivity index is 2.18. The molecule has 0 aromatic heterocycles. The number of nitro benzene ring substituents is 1. The number of benzene rings is 2. The van der Waals surface area contributed by atoms with Gasteiger partial charge in [0.2, 0.25) is 0 Å². The predicted octanol–water partition coefficient (Wildman–Crippen LogP) is 3.94. The fourth-order valence-corrected chi connectivity index (χ4v) is 2.12. The van der Waals surface area contributed by atoms with Gasteiger partial charge in [-0.25, -0.2) is 0 Å². The van der Waals surface area contributed by atoms with E-state index in [0.29, 0.717) is 5.75 Å². The molecule has 0 N–H and O–H groups in total. The van der Waals surface area contributed by atoms with Crippen LogP contribution in [0.4, 0.5) is 5.69 Å². The number of hydrogen-bond acceptors (Lipinski definition) is 4. The number of hydrogen-bond donors (Lipinski definition) is 0. The van der Waals surface area contributed by atoms with Crippen molar-refractivity contribution in [2.24, 2.45) is 0 Å². The van der Waals surface area contributed by atoms with E-state index in [1.54, 1.807) is 6.07 Å². The van der Waals surface area contributed by atoms with Gasteiger partial charge in [0.05, 0.1) is 18.1 Å². The number of methoxy groups -OCH3 is 1. The standard InChI is InChI=1S/C14H12BrNO4/c1-19-12-5-6-14(13(8-12)16(17)18)20-9-10-3-2-4-11(15)7-10/h2-8H,9H2,1H3. The van der Waals surface area contributed by atoms with Crippen molar-refractivity contribution in [2.75, 3.05) is 7.11 Å². The van der Waals surface area contributed by atoms with E-state index in [1.807, 2.05) is 24.3 Å². The quantitative estimate of drug-likeness (QED) is 0.612. The maximum Gasteiger partial charge on any atom is 0.314 e. The second-order valence-corrected chi connectivity index (χ2v) is 4.93. The Morgan fingerprint density at radius 3 is 2.70 bits per heavy atom. The number of rotatable bonds is 5. The van der Waals surface area contributed by atoms with Crippen LogP contribution in [-0.2, 0) is 6.61 Å². The van der Waals surface area contributed by atoms with E-state index in [4.69, 9.17) is 9.47 Å². The van der Waals surface area contributed by atoms with Gasteiger partial charge in [-0.3, -0.25) is 10.1 Å². The van der Waals surface area contributed by atoms with Crippen LogP contribution in [0.15, 0.2) is 46.9 Å². The lowest BCUT2D eigenvalue weighted by atomic mass is 10.2. The molecule has 0 radical (unpaired) electrons. The lowest BCUT2D eigenvalue weighted by Gasteiger charge is -2.08. The molecule has 0 saturated carbocycles. The summed E-state index contributed by atoms with van der Waals surface area (Å²) in [4.78, 5) is 10.5. The first kappa shape index (κ1) is 14.3. The molecule has 5 nitrogen and oxygen atoms in total. The summed E-state index contributed by atoms with van der Waals surface area (Å²) in [7, 11) is 1.46. The molecular weight excluding hydrogens is 326 g/mol. The molecular formula is C14H12BrNO4. The molecule has 0 atom stereocenters. The number of ether oxygens (including phenoxy) is 2. The Labute approximate surface area is 124 Å². The molecule has 0 aliphatic heterocycles. The molecule has 0 fully saturated rings. The van der Waals surface area contributed by atoms with Crippen LogP contribution in [0.3, 0.4) is 0 Å². The van der Waals surface area contributed by atoms with Gasteiger partial charge < -0.3 is 9.47 Å². The second-order valence-electron chi connectivity index (χ2n) is 4.01. The van der Waals surface area contributed by atoms with E-state index in [9.17, 15) is 10.1 Å². The fourth-order valence-electron chi connectivity index (χ4n) is 1.68. The molecule has 6 heteroatoms. The van der Waals surface area contributed by atoms with Crippen molar-refractivity contribution in [1.82, 2.24) is 0 Å². The Kier molecular flexibility index (Phi) is 4.57. The largest absolute Gasteiger partial charge is 0.496 e. The normalized spacial score (nSPS) is 10.1. The number of halogens is 1. The third-order valence-corrected chi connectivity index (χ3v) is 3.14. The van der Waals surface area contributed by atoms with Crippen molar-refractivity contribution in [1.29, 1.82) is 0 Å². The molecule has 0 bridgehead atoms. The highest BCUT2D eigenvalue weighted by Gasteiger charge is 2.16. The van der Waals surface area contributed by atoms with Crippen LogP contribution in [0.2, 0.25) is 0 Å². The monoisotopic (exact) mass is 337 g/mol. The lowest BCUT2D eigenvalue weighted by molar-refractivity contribution is -0.386. The zero-order valence-corrected chi connectivity index (χ0v) is 12.3. The van der Waals surface area contributed by atoms with Crippen LogP contribution in [-0.4, -0.2) is 12.0 Å². The van der Waals surface area contributed by atoms with Gasteiger partial charge in [-0.15, -0.1) is 0 Å². The van der Waals surface area contributed by atoms with Gasteiger partial charge >= 0.3 is 5.69 Å². The summed E-state index contributed by atoms with van der Waals surface area (Å²) in [5, 5.41) is 11.0. The van der Waals surface area contributed by atoms with Gasteiger partial charge in [-0.1, -0.05) is 28.1 Å². The van der Waals surface area contributed by atoms with Crippen LogP contribution in [0, 0.1) is 10.1 Å². The lowest BCUT2D eigenvalue weighted by Crippen LogP contribution is -1.99. The molecule has 0 saturated heterocycles. The van der Waals surface area contributed by atoms with E-state index in [2.05, 4.69) is 15.9 Å². The van der Waals surface area contributed by atoms with E-state index < -0.39 is 4.92 Å². The fraction of sp³-hybridized carbons (Fsp3) is 0.143. The van der Waals surface area contributed by atoms with Gasteiger partial charge in [0.15, 0.2) is 5.75 Å². The van der Waals surface area contributed by atoms with E-state index >= 15 is 0 Å². The van der Waals surface area contributed by atoms with Crippen LogP contribution >= 0.6 is 15.9 Å². The first-order valence-electron chi connectivity index (χ1n) is 5.80. The molecule has 0 spiro atoms. The summed E-state index contributed by atoms with van der Waals surface area (Å²) in [6.45, 7) is 0.257. The highest BCUT2D eigenvalue weighted by Crippen LogP contribution is 2.31. The van der Waals surface area contributed by atoms with Crippen LogP contribution in [0.5, 0.6) is 11.5 Å². The second kappa shape index (κ2) is 6.38. The molecule has 20 heavy (non-hydrogen) atoms. The number of nitro groups is 1. The van der Waals surface area contributed by atoms with Gasteiger partial charge in [0.25, 0.3) is 0 Å². The Bertz CT molecular complexity index is 630. The highest BCUT2D eigenvalue weighted by molar-refractivity contribution is 9.10. The van der Waals surface area contributed by atoms with Crippen molar-refractivity contribution in [3.63, 3.8) is 0 Å². The highest BCUT2D eigenvalue weighted by atomic mass is 79.9. The van der Waals surface area contributed by atoms with Crippen LogP contribution < -0.4 is 9.47 Å². The summed E-state index contributed by atoms with van der Waals surface area (Å²) < 4.78 is 11.4. The van der Waals surface area contributed by atoms with Crippen molar-refractivity contribution in [2.45, 2.75) is 6.61 Å². The van der Waals surface area contributed by atoms with E-state index in [1.165, 1.54) is 19.2 Å². The molecule has 2 rings (SSSR count). The first-order chi connectivity index (χ1) is 9.60. The van der Waals surface area contributed by atoms with Crippen molar-refractivity contribution >= 4 is 21.6 Å². The van der Waals surface area contributed by atoms with Crippen molar-refractivity contribution in [3.05, 3.63) is 62.6 Å². The van der Waals surface area contributed by atoms with E-state index in [-0.39, 0.29) is 18.0 Å². The molecule has 0 unspecified atom stereocenters. The van der Waals surface area contributed by atoms with Gasteiger partial charge in [-0.05, 0) is 29.8 Å². The maximum atomic E-state index is 11.0. The molecule has 0 aliphatic rings. The van der Waals surface area contributed by atoms with Crippen molar-refractivity contribution in [3.8, 4) is 11.5 Å². The molecule has 0 amide bonds. The molecule has 2 aromatic rings. The maximum absolute atomic E-state index is 11.0. The minimum absolute atomic E-state index is 0.112. The summed E-state index contributed by atoms with van der Waals surface area (Å²) in [6.07, 6.45) is 0. The topological polar surface area (TPSA) is 61.6 Å². The third kappa shape index (κ3) is 3.48. The Hall–Kier alpha value is -2.08. The molecule has 104 valence electrons. The summed E-state index contributed by atoms with van der Waals surface area (Å²) in [5.74, 6) is 0.641. The summed E-state index contributed by atoms with van der Waals surface area (Å²) >= 11 is 3.36. The zero-order valence-electron chi connectivity index (χ0n) is 10.7. The summed E-state index contributed by atoms with van der Waals surface area (Å²) in [5.41, 5.74) is 0.809. The smallest absolute Gasteiger partial charge is 0.314 e. The average Bonchev–Trinajstić information content (AvgIpc) is 2.45. The number of nitrogens with zero attached hydrogens (tertiary/aromatic N) is 1. The van der Waals surface area contributed by atoms with Gasteiger partial charge in [0.1, 0.15) is 12.4 Å². The first-order valence-corrected chi connectivity index (χ1v) is 6.59. The Morgan fingerprint density at radius 2 is 2.05 bits per heavy atom. The van der Waals surface area contributed by atoms with Gasteiger partial charge in [-0.2, -0.15) is 0 Å². The minimum atomic E-state index is -0.487. The zero-order chi connectivity index (χ0) is 14.5.